The number of fused-ring (bicyclic) bond motifs is 2. The first-order valence-corrected chi connectivity index (χ1v) is 14.4. The molecule has 0 saturated heterocycles. The predicted octanol–water partition coefficient (Wildman–Crippen LogP) is 7.39. The number of furan rings is 1. The summed E-state index contributed by atoms with van der Waals surface area (Å²) in [5.74, 6) is 1.42. The number of hydrogen-bond acceptors (Lipinski definition) is 7. The van der Waals surface area contributed by atoms with Gasteiger partial charge in [-0.25, -0.2) is 4.98 Å². The molecule has 2 aromatic heterocycles. The van der Waals surface area contributed by atoms with Crippen molar-refractivity contribution < 1.29 is 14.1 Å². The molecular formula is C30H18I2N4O5. The van der Waals surface area contributed by atoms with Crippen LogP contribution in [0.5, 0.6) is 5.75 Å². The van der Waals surface area contributed by atoms with Gasteiger partial charge < -0.3 is 9.15 Å². The van der Waals surface area contributed by atoms with E-state index < -0.39 is 4.92 Å². The number of aromatic nitrogens is 2. The quantitative estimate of drug-likeness (QED) is 0.0725. The molecule has 2 heterocycles. The van der Waals surface area contributed by atoms with Gasteiger partial charge in [-0.1, -0.05) is 30.3 Å². The first kappa shape index (κ1) is 27.1. The molecule has 11 heteroatoms. The molecule has 0 N–H and O–H groups in total. The molecule has 0 fully saturated rings. The van der Waals surface area contributed by atoms with E-state index in [4.69, 9.17) is 14.1 Å². The lowest BCUT2D eigenvalue weighted by Crippen LogP contribution is -2.20. The summed E-state index contributed by atoms with van der Waals surface area (Å²) in [5.41, 5.74) is 2.54. The Morgan fingerprint density at radius 2 is 1.68 bits per heavy atom. The lowest BCUT2D eigenvalue weighted by molar-refractivity contribution is -0.384. The van der Waals surface area contributed by atoms with Crippen molar-refractivity contribution in [3.8, 4) is 17.3 Å². The smallest absolute Gasteiger partial charge is 0.282 e. The Bertz CT molecular complexity index is 1980. The molecule has 6 rings (SSSR count). The van der Waals surface area contributed by atoms with Crippen LogP contribution >= 0.6 is 45.2 Å². The number of para-hydroxylation sites is 2. The Hall–Kier alpha value is -4.11. The van der Waals surface area contributed by atoms with Crippen molar-refractivity contribution in [2.75, 3.05) is 0 Å². The zero-order valence-electron chi connectivity index (χ0n) is 21.0. The number of nitrogens with zero attached hydrogens (tertiary/aromatic N) is 4. The summed E-state index contributed by atoms with van der Waals surface area (Å²) in [5, 5.41) is 16.8. The number of nitro groups is 1. The SMILES string of the molecule is O=c1c2ccccc2nc(-c2cc3ccccc3o2)n1N=Cc1cc(I)c(OCc2ccc([N+](=O)[O-])cc2)c(I)c1. The predicted molar refractivity (Wildman–Crippen MR) is 174 cm³/mol. The largest absolute Gasteiger partial charge is 0.487 e. The van der Waals surface area contributed by atoms with Gasteiger partial charge in [-0.2, -0.15) is 9.78 Å². The van der Waals surface area contributed by atoms with Crippen LogP contribution in [0.2, 0.25) is 0 Å². The number of ether oxygens (including phenoxy) is 1. The van der Waals surface area contributed by atoms with Crippen molar-refractivity contribution in [3.63, 3.8) is 0 Å². The van der Waals surface area contributed by atoms with Crippen molar-refractivity contribution >= 4 is 79.0 Å². The number of non-ortho nitro benzene ring substituents is 1. The molecule has 0 spiro atoms. The van der Waals surface area contributed by atoms with Gasteiger partial charge in [0.1, 0.15) is 17.9 Å². The van der Waals surface area contributed by atoms with E-state index in [1.165, 1.54) is 16.8 Å². The summed E-state index contributed by atoms with van der Waals surface area (Å²) in [6.07, 6.45) is 1.61. The molecule has 0 saturated carbocycles. The van der Waals surface area contributed by atoms with Crippen molar-refractivity contribution in [1.29, 1.82) is 0 Å². The van der Waals surface area contributed by atoms with Gasteiger partial charge in [0.05, 0.1) is 29.2 Å². The van der Waals surface area contributed by atoms with Crippen LogP contribution in [-0.2, 0) is 6.61 Å². The molecule has 4 aromatic carbocycles. The van der Waals surface area contributed by atoms with Gasteiger partial charge >= 0.3 is 0 Å². The lowest BCUT2D eigenvalue weighted by Gasteiger charge is -2.12. The molecule has 0 aliphatic carbocycles. The van der Waals surface area contributed by atoms with Gasteiger partial charge in [0.2, 0.25) is 5.82 Å². The maximum absolute atomic E-state index is 13.5. The van der Waals surface area contributed by atoms with Crippen LogP contribution in [0.25, 0.3) is 33.5 Å². The maximum Gasteiger partial charge on any atom is 0.282 e. The zero-order valence-corrected chi connectivity index (χ0v) is 25.3. The van der Waals surface area contributed by atoms with E-state index >= 15 is 0 Å². The van der Waals surface area contributed by atoms with E-state index in [0.717, 1.165) is 23.7 Å². The summed E-state index contributed by atoms with van der Waals surface area (Å²) < 4.78 is 15.0. The third-order valence-corrected chi connectivity index (χ3v) is 7.88. The van der Waals surface area contributed by atoms with E-state index in [9.17, 15) is 14.9 Å². The first-order chi connectivity index (χ1) is 19.9. The van der Waals surface area contributed by atoms with E-state index in [1.54, 1.807) is 36.5 Å². The minimum absolute atomic E-state index is 0.0331. The molecule has 41 heavy (non-hydrogen) atoms. The van der Waals surface area contributed by atoms with Crippen LogP contribution in [0.15, 0.2) is 105 Å². The fourth-order valence-electron chi connectivity index (χ4n) is 4.27. The number of rotatable bonds is 7. The van der Waals surface area contributed by atoms with Crippen LogP contribution in [-0.4, -0.2) is 20.8 Å². The number of halogens is 2. The Morgan fingerprint density at radius 1 is 0.976 bits per heavy atom. The zero-order chi connectivity index (χ0) is 28.5. The van der Waals surface area contributed by atoms with Crippen molar-refractivity contribution in [3.05, 3.63) is 130 Å². The highest BCUT2D eigenvalue weighted by Crippen LogP contribution is 2.30. The molecule has 0 unspecified atom stereocenters. The molecule has 9 nitrogen and oxygen atoms in total. The average molecular weight is 768 g/mol. The molecule has 0 radical (unpaired) electrons. The number of nitro benzene ring substituents is 1. The third kappa shape index (κ3) is 5.59. The standard InChI is InChI=1S/C30H18I2N4O5/c31-23-13-19(14-24(32)28(23)40-17-18-9-11-21(12-10-18)36(38)39)16-33-35-29(27-15-20-5-1-4-8-26(20)41-27)34-25-7-3-2-6-22(25)30(35)37/h1-16H,17H2. The molecule has 0 amide bonds. The third-order valence-electron chi connectivity index (χ3n) is 6.27. The van der Waals surface area contributed by atoms with Crippen molar-refractivity contribution in [2.24, 2.45) is 5.10 Å². The number of benzene rings is 4. The summed E-state index contributed by atoms with van der Waals surface area (Å²) in [4.78, 5) is 28.7. The maximum atomic E-state index is 13.5. The second-order valence-corrected chi connectivity index (χ2v) is 11.3. The van der Waals surface area contributed by atoms with Gasteiger partial charge in [0.25, 0.3) is 11.2 Å². The van der Waals surface area contributed by atoms with Crippen LogP contribution in [0.4, 0.5) is 5.69 Å². The highest BCUT2D eigenvalue weighted by atomic mass is 127. The van der Waals surface area contributed by atoms with E-state index in [1.807, 2.05) is 48.5 Å². The van der Waals surface area contributed by atoms with Crippen LogP contribution in [0, 0.1) is 17.3 Å². The van der Waals surface area contributed by atoms with E-state index in [0.29, 0.717) is 33.8 Å². The highest BCUT2D eigenvalue weighted by molar-refractivity contribution is 14.1. The molecule has 6 aromatic rings. The Morgan fingerprint density at radius 3 is 2.41 bits per heavy atom. The highest BCUT2D eigenvalue weighted by Gasteiger charge is 2.17. The summed E-state index contributed by atoms with van der Waals surface area (Å²) in [7, 11) is 0. The summed E-state index contributed by atoms with van der Waals surface area (Å²) >= 11 is 4.38. The first-order valence-electron chi connectivity index (χ1n) is 12.3. The van der Waals surface area contributed by atoms with Gasteiger partial charge in [0.15, 0.2) is 5.76 Å². The molecule has 0 bridgehead atoms. The Labute approximate surface area is 259 Å². The molecule has 0 atom stereocenters. The van der Waals surface area contributed by atoms with Crippen molar-refractivity contribution in [1.82, 2.24) is 9.66 Å². The molecule has 0 aliphatic heterocycles. The van der Waals surface area contributed by atoms with Crippen LogP contribution < -0.4 is 10.3 Å². The van der Waals surface area contributed by atoms with Gasteiger partial charge in [-0.05, 0) is 105 Å². The second-order valence-electron chi connectivity index (χ2n) is 8.99. The second kappa shape index (κ2) is 11.4. The van der Waals surface area contributed by atoms with Crippen LogP contribution in [0.1, 0.15) is 11.1 Å². The topological polar surface area (TPSA) is 113 Å². The molecule has 0 aliphatic rings. The Balaban J connectivity index is 1.33. The minimum Gasteiger partial charge on any atom is -0.487 e. The fourth-order valence-corrected chi connectivity index (χ4v) is 6.40. The van der Waals surface area contributed by atoms with Gasteiger partial charge in [-0.3, -0.25) is 14.9 Å². The normalized spacial score (nSPS) is 11.5. The van der Waals surface area contributed by atoms with E-state index in [2.05, 4.69) is 50.3 Å². The van der Waals surface area contributed by atoms with Gasteiger partial charge in [0, 0.05) is 17.5 Å². The van der Waals surface area contributed by atoms with Gasteiger partial charge in [-0.15, -0.1) is 0 Å². The number of hydrogen-bond donors (Lipinski definition) is 0. The van der Waals surface area contributed by atoms with Crippen molar-refractivity contribution in [2.45, 2.75) is 6.61 Å². The lowest BCUT2D eigenvalue weighted by atomic mass is 10.2. The van der Waals surface area contributed by atoms with E-state index in [-0.39, 0.29) is 17.9 Å². The average Bonchev–Trinajstić information content (AvgIpc) is 3.41. The Kier molecular flexibility index (Phi) is 7.53. The molecular weight excluding hydrogens is 750 g/mol. The summed E-state index contributed by atoms with van der Waals surface area (Å²) in [6, 6.07) is 26.7. The summed E-state index contributed by atoms with van der Waals surface area (Å²) in [6.45, 7) is 0.260. The minimum atomic E-state index is -0.432. The van der Waals surface area contributed by atoms with Crippen LogP contribution in [0.3, 0.4) is 0 Å². The fraction of sp³-hybridized carbons (Fsp3) is 0.0333. The monoisotopic (exact) mass is 768 g/mol. The molecule has 202 valence electrons.